The SMILES string of the molecule is CC(C)Oc1cc(CNc2ccc(CCC(=O)O)c(F)c2)ccc1CN1c2ccccc2CCC1C.[Ca+2].[H-].[H-]. The number of nitrogens with zero attached hydrogens (tertiary/aromatic N) is 1. The third-order valence-electron chi connectivity index (χ3n) is 6.66. The monoisotopic (exact) mass is 532 g/mol. The average Bonchev–Trinajstić information content (AvgIpc) is 2.84. The number of benzene rings is 3. The zero-order valence-electron chi connectivity index (χ0n) is 24.0. The number of ether oxygens (including phenoxy) is 1. The molecule has 0 amide bonds. The first-order chi connectivity index (χ1) is 17.3. The van der Waals surface area contributed by atoms with Crippen LogP contribution in [0.3, 0.4) is 0 Å². The van der Waals surface area contributed by atoms with E-state index in [1.165, 1.54) is 17.3 Å². The molecule has 5 nitrogen and oxygen atoms in total. The Kier molecular flexibility index (Phi) is 10.7. The van der Waals surface area contributed by atoms with Gasteiger partial charge in [-0.3, -0.25) is 4.79 Å². The van der Waals surface area contributed by atoms with Crippen molar-refractivity contribution in [2.45, 2.75) is 71.7 Å². The van der Waals surface area contributed by atoms with Gasteiger partial charge in [-0.1, -0.05) is 36.4 Å². The van der Waals surface area contributed by atoms with E-state index in [-0.39, 0.29) is 59.5 Å². The van der Waals surface area contributed by atoms with Crippen LogP contribution in [0, 0.1) is 5.82 Å². The van der Waals surface area contributed by atoms with Gasteiger partial charge in [0.2, 0.25) is 0 Å². The van der Waals surface area contributed by atoms with E-state index in [1.807, 2.05) is 13.8 Å². The number of rotatable bonds is 10. The Morgan fingerprint density at radius 1 is 1.16 bits per heavy atom. The van der Waals surface area contributed by atoms with Gasteiger partial charge in [0, 0.05) is 42.5 Å². The van der Waals surface area contributed by atoms with E-state index in [0.29, 0.717) is 23.8 Å². The Labute approximate surface area is 252 Å². The van der Waals surface area contributed by atoms with Crippen molar-refractivity contribution < 1.29 is 21.9 Å². The van der Waals surface area contributed by atoms with Gasteiger partial charge in [-0.2, -0.15) is 0 Å². The van der Waals surface area contributed by atoms with Gasteiger partial charge in [0.05, 0.1) is 6.10 Å². The molecule has 7 heteroatoms. The fourth-order valence-corrected chi connectivity index (χ4v) is 4.69. The molecule has 0 saturated carbocycles. The molecular formula is C30H37CaFN2O3. The maximum absolute atomic E-state index is 14.4. The molecule has 37 heavy (non-hydrogen) atoms. The van der Waals surface area contributed by atoms with Crippen LogP contribution < -0.4 is 15.0 Å². The van der Waals surface area contributed by atoms with Crippen LogP contribution in [0.25, 0.3) is 0 Å². The summed E-state index contributed by atoms with van der Waals surface area (Å²) < 4.78 is 20.6. The average molecular weight is 533 g/mol. The van der Waals surface area contributed by atoms with E-state index in [1.54, 1.807) is 12.1 Å². The van der Waals surface area contributed by atoms with Crippen LogP contribution in [0.5, 0.6) is 5.75 Å². The molecular weight excluding hydrogens is 495 g/mol. The van der Waals surface area contributed by atoms with Gasteiger partial charge >= 0.3 is 43.7 Å². The topological polar surface area (TPSA) is 61.8 Å². The van der Waals surface area contributed by atoms with Crippen LogP contribution in [0.1, 0.15) is 58.7 Å². The van der Waals surface area contributed by atoms with Crippen LogP contribution in [0.2, 0.25) is 0 Å². The number of carboxylic acid groups (broad SMARTS) is 1. The number of aryl methyl sites for hydroxylation is 2. The van der Waals surface area contributed by atoms with Crippen molar-refractivity contribution in [1.29, 1.82) is 0 Å². The summed E-state index contributed by atoms with van der Waals surface area (Å²) in [5.74, 6) is -0.454. The summed E-state index contributed by atoms with van der Waals surface area (Å²) in [6, 6.07) is 20.2. The number of aliphatic carboxylic acids is 1. The summed E-state index contributed by atoms with van der Waals surface area (Å²) in [5.41, 5.74) is 5.94. The molecule has 1 unspecified atom stereocenters. The van der Waals surface area contributed by atoms with Crippen molar-refractivity contribution >= 4 is 55.1 Å². The van der Waals surface area contributed by atoms with Crippen molar-refractivity contribution in [2.75, 3.05) is 10.2 Å². The number of hydrogen-bond donors (Lipinski definition) is 2. The van der Waals surface area contributed by atoms with E-state index in [9.17, 15) is 9.18 Å². The summed E-state index contributed by atoms with van der Waals surface area (Å²) in [7, 11) is 0. The maximum Gasteiger partial charge on any atom is 2.00 e. The number of carboxylic acids is 1. The molecule has 1 aliphatic rings. The second-order valence-electron chi connectivity index (χ2n) is 9.81. The fourth-order valence-electron chi connectivity index (χ4n) is 4.69. The van der Waals surface area contributed by atoms with Crippen molar-refractivity contribution in [3.63, 3.8) is 0 Å². The molecule has 3 aromatic carbocycles. The Morgan fingerprint density at radius 3 is 2.65 bits per heavy atom. The molecule has 0 saturated heterocycles. The third-order valence-corrected chi connectivity index (χ3v) is 6.66. The minimum absolute atomic E-state index is 0. The Morgan fingerprint density at radius 2 is 1.92 bits per heavy atom. The predicted octanol–water partition coefficient (Wildman–Crippen LogP) is 6.43. The van der Waals surface area contributed by atoms with E-state index in [4.69, 9.17) is 9.84 Å². The second kappa shape index (κ2) is 13.5. The summed E-state index contributed by atoms with van der Waals surface area (Å²) in [6.07, 6.45) is 2.38. The number of halogens is 1. The molecule has 4 rings (SSSR count). The molecule has 1 heterocycles. The summed E-state index contributed by atoms with van der Waals surface area (Å²) in [5, 5.41) is 12.1. The Balaban J connectivity index is 0.00000253. The van der Waals surface area contributed by atoms with Gasteiger partial charge in [-0.25, -0.2) is 4.39 Å². The number of fused-ring (bicyclic) bond motifs is 1. The minimum atomic E-state index is -0.932. The minimum Gasteiger partial charge on any atom is -1.00 e. The number of nitrogens with one attached hydrogen (secondary N) is 1. The van der Waals surface area contributed by atoms with Gasteiger partial charge in [-0.15, -0.1) is 0 Å². The van der Waals surface area contributed by atoms with Crippen LogP contribution >= 0.6 is 0 Å². The smallest absolute Gasteiger partial charge is 1.00 e. The molecule has 2 N–H and O–H groups in total. The molecule has 0 fully saturated rings. The molecule has 0 aromatic heterocycles. The first-order valence-corrected chi connectivity index (χ1v) is 12.7. The van der Waals surface area contributed by atoms with Crippen molar-refractivity contribution in [2.24, 2.45) is 0 Å². The predicted molar refractivity (Wildman–Crippen MR) is 150 cm³/mol. The maximum atomic E-state index is 14.4. The van der Waals surface area contributed by atoms with Crippen LogP contribution in [0.4, 0.5) is 15.8 Å². The fraction of sp³-hybridized carbons (Fsp3) is 0.367. The van der Waals surface area contributed by atoms with Crippen LogP contribution in [-0.2, 0) is 30.7 Å². The second-order valence-corrected chi connectivity index (χ2v) is 9.81. The summed E-state index contributed by atoms with van der Waals surface area (Å²) in [4.78, 5) is 13.2. The zero-order chi connectivity index (χ0) is 25.7. The van der Waals surface area contributed by atoms with E-state index >= 15 is 0 Å². The number of carbonyl (C=O) groups is 1. The van der Waals surface area contributed by atoms with Crippen molar-refractivity contribution in [3.8, 4) is 5.75 Å². The van der Waals surface area contributed by atoms with E-state index in [0.717, 1.165) is 36.3 Å². The molecule has 1 atom stereocenters. The number of hydrogen-bond acceptors (Lipinski definition) is 4. The van der Waals surface area contributed by atoms with Gasteiger partial charge < -0.3 is 22.9 Å². The van der Waals surface area contributed by atoms with Crippen molar-refractivity contribution in [1.82, 2.24) is 0 Å². The molecule has 0 spiro atoms. The van der Waals surface area contributed by atoms with Gasteiger partial charge in [0.15, 0.2) is 0 Å². The summed E-state index contributed by atoms with van der Waals surface area (Å²) in [6.45, 7) is 7.64. The number of anilines is 2. The molecule has 0 aliphatic carbocycles. The number of para-hydroxylation sites is 1. The molecule has 0 radical (unpaired) electrons. The Hall–Kier alpha value is -2.28. The summed E-state index contributed by atoms with van der Waals surface area (Å²) >= 11 is 0. The van der Waals surface area contributed by atoms with Gasteiger partial charge in [0.25, 0.3) is 0 Å². The van der Waals surface area contributed by atoms with Gasteiger partial charge in [-0.05, 0) is 81.0 Å². The van der Waals surface area contributed by atoms with E-state index in [2.05, 4.69) is 59.6 Å². The molecule has 194 valence electrons. The van der Waals surface area contributed by atoms with Crippen molar-refractivity contribution in [3.05, 3.63) is 88.7 Å². The normalized spacial score (nSPS) is 14.6. The quantitative estimate of drug-likeness (QED) is 0.295. The van der Waals surface area contributed by atoms with Gasteiger partial charge in [0.1, 0.15) is 11.6 Å². The largest absolute Gasteiger partial charge is 2.00 e. The first kappa shape index (κ1) is 29.3. The molecule has 0 bridgehead atoms. The Bertz CT molecular complexity index is 1230. The third kappa shape index (κ3) is 7.86. The van der Waals surface area contributed by atoms with E-state index < -0.39 is 11.8 Å². The van der Waals surface area contributed by atoms with Crippen LogP contribution in [0.15, 0.2) is 60.7 Å². The zero-order valence-corrected chi connectivity index (χ0v) is 24.2. The first-order valence-electron chi connectivity index (χ1n) is 12.7. The standard InChI is InChI=1S/C30H35FN2O3.Ca.2H/c1-20(2)36-29-16-22(18-32-26-14-12-23(27(31)17-26)13-15-30(34)35)9-11-25(29)19-33-21(3)8-10-24-6-4-5-7-28(24)33;;;/h4-7,9,11-12,14,16-17,20-21,32H,8,10,13,15,18-19H2,1-3H3,(H,34,35);;;/q;+2;2*-1. The molecule has 3 aromatic rings. The van der Waals surface area contributed by atoms with Crippen LogP contribution in [-0.4, -0.2) is 61.0 Å². The molecule has 1 aliphatic heterocycles.